The van der Waals surface area contributed by atoms with Crippen molar-refractivity contribution in [2.24, 2.45) is 0 Å². The molecule has 0 fully saturated rings. The van der Waals surface area contributed by atoms with Gasteiger partial charge in [0.25, 0.3) is 0 Å². The van der Waals surface area contributed by atoms with Crippen molar-refractivity contribution in [2.75, 3.05) is 0 Å². The fraction of sp³-hybridized carbons (Fsp3) is 0.0769. The topological polar surface area (TPSA) is 29.5 Å². The number of phenols is 1. The number of para-hydroxylation sites is 2. The molecule has 0 amide bonds. The zero-order valence-corrected chi connectivity index (χ0v) is 10.1. The summed E-state index contributed by atoms with van der Waals surface area (Å²) in [6.45, 7) is 0.441. The van der Waals surface area contributed by atoms with Crippen LogP contribution in [0.5, 0.6) is 11.5 Å². The van der Waals surface area contributed by atoms with Crippen molar-refractivity contribution in [1.29, 1.82) is 0 Å². The predicted molar refractivity (Wildman–Crippen MR) is 66.6 cm³/mol. The lowest BCUT2D eigenvalue weighted by molar-refractivity contribution is 0.289. The van der Waals surface area contributed by atoms with Gasteiger partial charge >= 0.3 is 0 Å². The Morgan fingerprint density at radius 3 is 2.62 bits per heavy atom. The lowest BCUT2D eigenvalue weighted by atomic mass is 10.2. The second-order valence-electron chi connectivity index (χ2n) is 3.39. The number of hydrogen-bond donors (Lipinski definition) is 1. The molecule has 82 valence electrons. The normalized spacial score (nSPS) is 10.1. The van der Waals surface area contributed by atoms with Crippen LogP contribution in [0.1, 0.15) is 5.56 Å². The zero-order valence-electron chi connectivity index (χ0n) is 8.56. The van der Waals surface area contributed by atoms with Crippen LogP contribution in [-0.2, 0) is 6.61 Å². The van der Waals surface area contributed by atoms with Crippen molar-refractivity contribution in [1.82, 2.24) is 0 Å². The third-order valence-corrected chi connectivity index (χ3v) is 2.64. The minimum atomic E-state index is 0.164. The molecule has 0 bridgehead atoms. The second-order valence-corrected chi connectivity index (χ2v) is 4.30. The van der Waals surface area contributed by atoms with Crippen molar-refractivity contribution < 1.29 is 9.84 Å². The number of phenolic OH excluding ortho intramolecular Hbond substituents is 1. The zero-order chi connectivity index (χ0) is 11.4. The summed E-state index contributed by atoms with van der Waals surface area (Å²) in [5.74, 6) is 0.667. The van der Waals surface area contributed by atoms with E-state index < -0.39 is 0 Å². The summed E-state index contributed by atoms with van der Waals surface area (Å²) < 4.78 is 6.53. The van der Waals surface area contributed by atoms with E-state index in [1.807, 2.05) is 30.3 Å². The van der Waals surface area contributed by atoms with Gasteiger partial charge in [-0.2, -0.15) is 0 Å². The van der Waals surface area contributed by atoms with Gasteiger partial charge in [-0.25, -0.2) is 0 Å². The number of ether oxygens (including phenoxy) is 1. The van der Waals surface area contributed by atoms with Gasteiger partial charge in [-0.1, -0.05) is 40.2 Å². The predicted octanol–water partition coefficient (Wildman–Crippen LogP) is 3.73. The maximum atomic E-state index is 9.51. The summed E-state index contributed by atoms with van der Waals surface area (Å²) in [5.41, 5.74) is 1.05. The summed E-state index contributed by atoms with van der Waals surface area (Å²) in [6.07, 6.45) is 0. The number of rotatable bonds is 3. The molecule has 0 heterocycles. The Hall–Kier alpha value is -1.48. The Morgan fingerprint density at radius 2 is 1.88 bits per heavy atom. The molecular weight excluding hydrogens is 268 g/mol. The van der Waals surface area contributed by atoms with Crippen molar-refractivity contribution >= 4 is 15.9 Å². The maximum absolute atomic E-state index is 9.51. The molecule has 2 aromatic rings. The third kappa shape index (κ3) is 2.76. The number of aromatic hydroxyl groups is 1. The van der Waals surface area contributed by atoms with E-state index in [1.165, 1.54) is 0 Å². The first-order valence-electron chi connectivity index (χ1n) is 4.91. The molecule has 0 aromatic heterocycles. The molecule has 0 unspecified atom stereocenters. The van der Waals surface area contributed by atoms with Crippen molar-refractivity contribution in [3.8, 4) is 11.5 Å². The fourth-order valence-electron chi connectivity index (χ4n) is 1.37. The number of benzene rings is 2. The standard InChI is InChI=1S/C13H11BrO2/c14-11-5-3-4-10(8-11)9-16-13-7-2-1-6-12(13)15/h1-8,15H,9H2. The summed E-state index contributed by atoms with van der Waals surface area (Å²) in [4.78, 5) is 0. The Labute approximate surface area is 103 Å². The lowest BCUT2D eigenvalue weighted by Crippen LogP contribution is -1.95. The Morgan fingerprint density at radius 1 is 1.06 bits per heavy atom. The van der Waals surface area contributed by atoms with E-state index in [1.54, 1.807) is 18.2 Å². The van der Waals surface area contributed by atoms with Crippen LogP contribution in [0.25, 0.3) is 0 Å². The molecule has 2 aromatic carbocycles. The van der Waals surface area contributed by atoms with Crippen LogP contribution in [0, 0.1) is 0 Å². The fourth-order valence-corrected chi connectivity index (χ4v) is 1.81. The third-order valence-electron chi connectivity index (χ3n) is 2.15. The van der Waals surface area contributed by atoms with Gasteiger partial charge in [0, 0.05) is 4.47 Å². The molecule has 1 N–H and O–H groups in total. The van der Waals surface area contributed by atoms with Gasteiger partial charge in [0.1, 0.15) is 6.61 Å². The molecule has 2 nitrogen and oxygen atoms in total. The molecule has 0 saturated heterocycles. The largest absolute Gasteiger partial charge is 0.504 e. The highest BCUT2D eigenvalue weighted by molar-refractivity contribution is 9.10. The molecular formula is C13H11BrO2. The van der Waals surface area contributed by atoms with Crippen molar-refractivity contribution in [2.45, 2.75) is 6.61 Å². The van der Waals surface area contributed by atoms with Crippen LogP contribution in [-0.4, -0.2) is 5.11 Å². The van der Waals surface area contributed by atoms with Crippen LogP contribution in [0.3, 0.4) is 0 Å². The Kier molecular flexibility index (Phi) is 3.47. The monoisotopic (exact) mass is 278 g/mol. The SMILES string of the molecule is Oc1ccccc1OCc1cccc(Br)c1. The molecule has 2 rings (SSSR count). The van der Waals surface area contributed by atoms with Gasteiger partial charge in [-0.05, 0) is 29.8 Å². The molecule has 0 aliphatic heterocycles. The van der Waals surface area contributed by atoms with E-state index in [4.69, 9.17) is 4.74 Å². The highest BCUT2D eigenvalue weighted by atomic mass is 79.9. The van der Waals surface area contributed by atoms with E-state index >= 15 is 0 Å². The molecule has 0 aliphatic carbocycles. The maximum Gasteiger partial charge on any atom is 0.161 e. The van der Waals surface area contributed by atoms with Crippen molar-refractivity contribution in [3.05, 3.63) is 58.6 Å². The van der Waals surface area contributed by atoms with Gasteiger partial charge in [-0.3, -0.25) is 0 Å². The average Bonchev–Trinajstić information content (AvgIpc) is 2.28. The summed E-state index contributed by atoms with van der Waals surface area (Å²) >= 11 is 3.40. The van der Waals surface area contributed by atoms with Crippen LogP contribution >= 0.6 is 15.9 Å². The first-order valence-corrected chi connectivity index (χ1v) is 5.70. The van der Waals surface area contributed by atoms with E-state index in [-0.39, 0.29) is 5.75 Å². The van der Waals surface area contributed by atoms with Gasteiger partial charge < -0.3 is 9.84 Å². The molecule has 0 spiro atoms. The van der Waals surface area contributed by atoms with Crippen LogP contribution in [0.15, 0.2) is 53.0 Å². The molecule has 0 aliphatic rings. The van der Waals surface area contributed by atoms with Gasteiger partial charge in [0.2, 0.25) is 0 Å². The molecule has 0 saturated carbocycles. The van der Waals surface area contributed by atoms with Crippen LogP contribution in [0.4, 0.5) is 0 Å². The van der Waals surface area contributed by atoms with E-state index in [9.17, 15) is 5.11 Å². The molecule has 0 atom stereocenters. The van der Waals surface area contributed by atoms with Crippen LogP contribution < -0.4 is 4.74 Å². The minimum Gasteiger partial charge on any atom is -0.504 e. The van der Waals surface area contributed by atoms with E-state index in [0.717, 1.165) is 10.0 Å². The minimum absolute atomic E-state index is 0.164. The second kappa shape index (κ2) is 5.03. The quantitative estimate of drug-likeness (QED) is 0.927. The smallest absolute Gasteiger partial charge is 0.161 e. The highest BCUT2D eigenvalue weighted by Gasteiger charge is 2.01. The Balaban J connectivity index is 2.05. The first-order chi connectivity index (χ1) is 7.75. The molecule has 3 heteroatoms. The number of halogens is 1. The molecule has 16 heavy (non-hydrogen) atoms. The van der Waals surface area contributed by atoms with Gasteiger partial charge in [0.05, 0.1) is 0 Å². The first kappa shape index (κ1) is 11.0. The van der Waals surface area contributed by atoms with Gasteiger partial charge in [-0.15, -0.1) is 0 Å². The highest BCUT2D eigenvalue weighted by Crippen LogP contribution is 2.25. The average molecular weight is 279 g/mol. The lowest BCUT2D eigenvalue weighted by Gasteiger charge is -2.07. The van der Waals surface area contributed by atoms with Gasteiger partial charge in [0.15, 0.2) is 11.5 Å². The number of hydrogen-bond acceptors (Lipinski definition) is 2. The van der Waals surface area contributed by atoms with Crippen molar-refractivity contribution in [3.63, 3.8) is 0 Å². The summed E-state index contributed by atoms with van der Waals surface area (Å²) in [6, 6.07) is 14.8. The summed E-state index contributed by atoms with van der Waals surface area (Å²) in [7, 11) is 0. The van der Waals surface area contributed by atoms with E-state index in [0.29, 0.717) is 12.4 Å². The Bertz CT molecular complexity index is 483. The summed E-state index contributed by atoms with van der Waals surface area (Å²) in [5, 5.41) is 9.51. The molecule has 0 radical (unpaired) electrons. The van der Waals surface area contributed by atoms with Crippen LogP contribution in [0.2, 0.25) is 0 Å². The van der Waals surface area contributed by atoms with E-state index in [2.05, 4.69) is 15.9 Å².